The molecule has 156 valence electrons. The molecule has 1 saturated heterocycles. The van der Waals surface area contributed by atoms with Crippen molar-refractivity contribution < 1.29 is 9.53 Å². The monoisotopic (exact) mass is 397 g/mol. The minimum atomic E-state index is 0.173. The summed E-state index contributed by atoms with van der Waals surface area (Å²) in [5, 5.41) is 8.99. The molecule has 0 bridgehead atoms. The molecule has 2 aliphatic heterocycles. The molecule has 0 radical (unpaired) electrons. The van der Waals surface area contributed by atoms with Crippen molar-refractivity contribution in [3.05, 3.63) is 41.5 Å². The lowest BCUT2D eigenvalue weighted by Crippen LogP contribution is -2.35. The van der Waals surface area contributed by atoms with E-state index in [2.05, 4.69) is 26.7 Å². The Morgan fingerprint density at radius 3 is 2.72 bits per heavy atom. The molecule has 1 aromatic heterocycles. The maximum absolute atomic E-state index is 12.9. The number of nitrogens with zero attached hydrogens (tertiary/aromatic N) is 5. The standard InChI is InChI=1S/C22H31N5O2/c1-3-29-19-8-6-17(7-9-19)15-21(28)26-12-10-20-23-24-22(27(20)14-13-26)18-5-4-11-25(2)16-18/h6-9,18H,3-5,10-16H2,1-2H3. The van der Waals surface area contributed by atoms with E-state index in [4.69, 9.17) is 4.74 Å². The van der Waals surface area contributed by atoms with Gasteiger partial charge in [0.25, 0.3) is 0 Å². The molecule has 3 heterocycles. The van der Waals surface area contributed by atoms with Crippen LogP contribution >= 0.6 is 0 Å². The van der Waals surface area contributed by atoms with E-state index in [1.165, 1.54) is 12.8 Å². The molecule has 7 heteroatoms. The van der Waals surface area contributed by atoms with E-state index < -0.39 is 0 Å². The molecule has 0 saturated carbocycles. The zero-order chi connectivity index (χ0) is 20.2. The number of fused-ring (bicyclic) bond motifs is 1. The summed E-state index contributed by atoms with van der Waals surface area (Å²) in [6.45, 7) is 7.02. The zero-order valence-corrected chi connectivity index (χ0v) is 17.5. The van der Waals surface area contributed by atoms with Crippen LogP contribution in [0.2, 0.25) is 0 Å². The number of aromatic nitrogens is 3. The summed E-state index contributed by atoms with van der Waals surface area (Å²) < 4.78 is 7.75. The molecule has 1 atom stereocenters. The van der Waals surface area contributed by atoms with Crippen LogP contribution in [0, 0.1) is 0 Å². The van der Waals surface area contributed by atoms with Crippen molar-refractivity contribution in [2.75, 3.05) is 39.8 Å². The van der Waals surface area contributed by atoms with Crippen LogP contribution in [0.5, 0.6) is 5.75 Å². The van der Waals surface area contributed by atoms with Crippen LogP contribution in [-0.4, -0.2) is 70.3 Å². The summed E-state index contributed by atoms with van der Waals surface area (Å²) in [6.07, 6.45) is 3.57. The molecule has 0 aliphatic carbocycles. The van der Waals surface area contributed by atoms with Crippen molar-refractivity contribution in [2.45, 2.75) is 45.1 Å². The second-order valence-corrected chi connectivity index (χ2v) is 8.11. The average Bonchev–Trinajstić information content (AvgIpc) is 3.01. The first-order valence-electron chi connectivity index (χ1n) is 10.7. The molecule has 2 aliphatic rings. The summed E-state index contributed by atoms with van der Waals surface area (Å²) in [5.74, 6) is 3.59. The lowest BCUT2D eigenvalue weighted by atomic mass is 9.97. The first-order valence-corrected chi connectivity index (χ1v) is 10.7. The number of likely N-dealkylation sites (N-methyl/N-ethyl adjacent to an activating group) is 1. The van der Waals surface area contributed by atoms with E-state index in [1.54, 1.807) is 0 Å². The lowest BCUT2D eigenvalue weighted by Gasteiger charge is -2.29. The Morgan fingerprint density at radius 2 is 1.97 bits per heavy atom. The maximum Gasteiger partial charge on any atom is 0.227 e. The number of ether oxygens (including phenoxy) is 1. The minimum absolute atomic E-state index is 0.173. The van der Waals surface area contributed by atoms with Crippen molar-refractivity contribution in [1.82, 2.24) is 24.6 Å². The number of amides is 1. The van der Waals surface area contributed by atoms with Gasteiger partial charge in [-0.25, -0.2) is 0 Å². The summed E-state index contributed by atoms with van der Waals surface area (Å²) in [6, 6.07) is 7.83. The van der Waals surface area contributed by atoms with Crippen LogP contribution in [-0.2, 0) is 24.2 Å². The highest BCUT2D eigenvalue weighted by Crippen LogP contribution is 2.26. The second kappa shape index (κ2) is 8.95. The van der Waals surface area contributed by atoms with Crippen molar-refractivity contribution in [2.24, 2.45) is 0 Å². The Bertz CT molecular complexity index is 832. The fourth-order valence-corrected chi connectivity index (χ4v) is 4.43. The second-order valence-electron chi connectivity index (χ2n) is 8.11. The summed E-state index contributed by atoms with van der Waals surface area (Å²) in [5.41, 5.74) is 1.02. The van der Waals surface area contributed by atoms with E-state index >= 15 is 0 Å². The van der Waals surface area contributed by atoms with Crippen molar-refractivity contribution >= 4 is 5.91 Å². The number of hydrogen-bond donors (Lipinski definition) is 0. The largest absolute Gasteiger partial charge is 0.494 e. The number of rotatable bonds is 5. The number of carbonyl (C=O) groups is 1. The van der Waals surface area contributed by atoms with Gasteiger partial charge in [0.05, 0.1) is 13.0 Å². The lowest BCUT2D eigenvalue weighted by molar-refractivity contribution is -0.130. The number of carbonyl (C=O) groups excluding carboxylic acids is 1. The highest BCUT2D eigenvalue weighted by atomic mass is 16.5. The molecular formula is C22H31N5O2. The molecule has 1 aromatic carbocycles. The van der Waals surface area contributed by atoms with E-state index in [-0.39, 0.29) is 5.91 Å². The van der Waals surface area contributed by atoms with Crippen molar-refractivity contribution in [3.8, 4) is 5.75 Å². The van der Waals surface area contributed by atoms with Gasteiger partial charge in [0.15, 0.2) is 0 Å². The normalized spacial score (nSPS) is 20.2. The summed E-state index contributed by atoms with van der Waals surface area (Å²) >= 11 is 0. The van der Waals surface area contributed by atoms with Gasteiger partial charge < -0.3 is 19.1 Å². The molecule has 1 fully saturated rings. The number of piperidine rings is 1. The Kier molecular flexibility index (Phi) is 6.13. The van der Waals surface area contributed by atoms with E-state index in [1.807, 2.05) is 36.1 Å². The Hall–Kier alpha value is -2.41. The van der Waals surface area contributed by atoms with E-state index in [9.17, 15) is 4.79 Å². The van der Waals surface area contributed by atoms with Gasteiger partial charge in [-0.15, -0.1) is 10.2 Å². The SMILES string of the molecule is CCOc1ccc(CC(=O)N2CCc3nnc(C4CCCN(C)C4)n3CC2)cc1. The molecule has 2 aromatic rings. The molecule has 0 spiro atoms. The molecule has 1 amide bonds. The van der Waals surface area contributed by atoms with Crippen LogP contribution in [0.25, 0.3) is 0 Å². The van der Waals surface area contributed by atoms with Gasteiger partial charge in [0.2, 0.25) is 5.91 Å². The Labute approximate surface area is 172 Å². The van der Waals surface area contributed by atoms with Gasteiger partial charge in [-0.05, 0) is 51.1 Å². The minimum Gasteiger partial charge on any atom is -0.494 e. The van der Waals surface area contributed by atoms with Gasteiger partial charge in [0, 0.05) is 38.5 Å². The van der Waals surface area contributed by atoms with Crippen LogP contribution in [0.15, 0.2) is 24.3 Å². The topological polar surface area (TPSA) is 63.5 Å². The van der Waals surface area contributed by atoms with Gasteiger partial charge in [0.1, 0.15) is 17.4 Å². The van der Waals surface area contributed by atoms with Gasteiger partial charge in [-0.2, -0.15) is 0 Å². The summed E-state index contributed by atoms with van der Waals surface area (Å²) in [7, 11) is 2.17. The fourth-order valence-electron chi connectivity index (χ4n) is 4.43. The molecule has 1 unspecified atom stereocenters. The third kappa shape index (κ3) is 4.61. The van der Waals surface area contributed by atoms with Crippen LogP contribution in [0.1, 0.15) is 42.9 Å². The number of likely N-dealkylation sites (tertiary alicyclic amines) is 1. The highest BCUT2D eigenvalue weighted by Gasteiger charge is 2.27. The Balaban J connectivity index is 1.38. The fraction of sp³-hybridized carbons (Fsp3) is 0.591. The van der Waals surface area contributed by atoms with Gasteiger partial charge >= 0.3 is 0 Å². The summed E-state index contributed by atoms with van der Waals surface area (Å²) in [4.78, 5) is 17.2. The van der Waals surface area contributed by atoms with E-state index in [0.29, 0.717) is 25.5 Å². The van der Waals surface area contributed by atoms with Crippen LogP contribution in [0.4, 0.5) is 0 Å². The zero-order valence-electron chi connectivity index (χ0n) is 17.5. The molecule has 0 N–H and O–H groups in total. The third-order valence-corrected chi connectivity index (χ3v) is 5.99. The number of hydrogen-bond acceptors (Lipinski definition) is 5. The van der Waals surface area contributed by atoms with Gasteiger partial charge in [-0.1, -0.05) is 12.1 Å². The van der Waals surface area contributed by atoms with Crippen molar-refractivity contribution in [1.29, 1.82) is 0 Å². The van der Waals surface area contributed by atoms with Crippen LogP contribution in [0.3, 0.4) is 0 Å². The molecular weight excluding hydrogens is 366 g/mol. The molecule has 4 rings (SSSR count). The molecule has 29 heavy (non-hydrogen) atoms. The predicted octanol–water partition coefficient (Wildman–Crippen LogP) is 2.11. The Morgan fingerprint density at radius 1 is 1.14 bits per heavy atom. The first kappa shape index (κ1) is 19.9. The van der Waals surface area contributed by atoms with Crippen molar-refractivity contribution in [3.63, 3.8) is 0 Å². The number of benzene rings is 1. The molecule has 7 nitrogen and oxygen atoms in total. The van der Waals surface area contributed by atoms with Gasteiger partial charge in [-0.3, -0.25) is 4.79 Å². The average molecular weight is 398 g/mol. The maximum atomic E-state index is 12.9. The van der Waals surface area contributed by atoms with E-state index in [0.717, 1.165) is 55.6 Å². The van der Waals surface area contributed by atoms with Crippen LogP contribution < -0.4 is 4.74 Å². The predicted molar refractivity (Wildman–Crippen MR) is 111 cm³/mol. The third-order valence-electron chi connectivity index (χ3n) is 5.99. The first-order chi connectivity index (χ1) is 14.1. The smallest absolute Gasteiger partial charge is 0.227 e. The quantitative estimate of drug-likeness (QED) is 0.773. The highest BCUT2D eigenvalue weighted by molar-refractivity contribution is 5.78.